The van der Waals surface area contributed by atoms with Crippen LogP contribution in [0.25, 0.3) is 0 Å². The zero-order valence-corrected chi connectivity index (χ0v) is 10.8. The van der Waals surface area contributed by atoms with E-state index in [0.717, 1.165) is 11.8 Å². The minimum atomic E-state index is -5.98. The van der Waals surface area contributed by atoms with Crippen molar-refractivity contribution in [3.05, 3.63) is 0 Å². The van der Waals surface area contributed by atoms with E-state index in [-0.39, 0.29) is 23.7 Å². The SMILES string of the molecule is CCC(=O)SCCCC(F)(F)CC(F)(F)C(F)(F)F. The Morgan fingerprint density at radius 2 is 1.58 bits per heavy atom. The monoisotopic (exact) mass is 314 g/mol. The van der Waals surface area contributed by atoms with Crippen molar-refractivity contribution in [3.8, 4) is 0 Å². The van der Waals surface area contributed by atoms with Crippen LogP contribution in [0.1, 0.15) is 32.6 Å². The van der Waals surface area contributed by atoms with Crippen LogP contribution in [0, 0.1) is 0 Å². The summed E-state index contributed by atoms with van der Waals surface area (Å²) >= 11 is 0.759. The third-order valence-electron chi connectivity index (χ3n) is 2.13. The zero-order chi connectivity index (χ0) is 15.3. The first-order chi connectivity index (χ1) is 8.41. The molecular weight excluding hydrogens is 301 g/mol. The van der Waals surface area contributed by atoms with Gasteiger partial charge in [-0.1, -0.05) is 18.7 Å². The van der Waals surface area contributed by atoms with Crippen LogP contribution in [-0.2, 0) is 4.79 Å². The van der Waals surface area contributed by atoms with Gasteiger partial charge in [0.15, 0.2) is 5.12 Å². The fourth-order valence-electron chi connectivity index (χ4n) is 1.13. The van der Waals surface area contributed by atoms with Crippen molar-refractivity contribution in [3.63, 3.8) is 0 Å². The summed E-state index contributed by atoms with van der Waals surface area (Å²) in [6.07, 6.45) is -9.76. The smallest absolute Gasteiger partial charge is 0.287 e. The van der Waals surface area contributed by atoms with Crippen LogP contribution in [0.15, 0.2) is 0 Å². The van der Waals surface area contributed by atoms with E-state index >= 15 is 0 Å². The Labute approximate surface area is 109 Å². The van der Waals surface area contributed by atoms with E-state index in [2.05, 4.69) is 0 Å². The van der Waals surface area contributed by atoms with E-state index in [1.807, 2.05) is 0 Å². The standard InChI is InChI=1S/C10H13F7OS/c1-2-7(18)19-5-3-4-8(11,12)6-9(13,14)10(15,16)17/h2-6H2,1H3. The van der Waals surface area contributed by atoms with Crippen LogP contribution >= 0.6 is 11.8 Å². The molecule has 0 atom stereocenters. The molecule has 0 bridgehead atoms. The highest BCUT2D eigenvalue weighted by Crippen LogP contribution is 2.43. The molecule has 1 nitrogen and oxygen atoms in total. The van der Waals surface area contributed by atoms with E-state index in [4.69, 9.17) is 0 Å². The first kappa shape index (κ1) is 18.5. The number of carbonyl (C=O) groups excluding carboxylic acids is 1. The number of thioether (sulfide) groups is 1. The van der Waals surface area contributed by atoms with Crippen molar-refractivity contribution in [2.75, 3.05) is 5.75 Å². The molecule has 19 heavy (non-hydrogen) atoms. The molecule has 0 spiro atoms. The van der Waals surface area contributed by atoms with Gasteiger partial charge in [0.1, 0.15) is 0 Å². The number of rotatable bonds is 7. The molecule has 0 unspecified atom stereocenters. The summed E-state index contributed by atoms with van der Waals surface area (Å²) in [5.41, 5.74) is 0. The zero-order valence-electron chi connectivity index (χ0n) is 10.00. The maximum atomic E-state index is 13.0. The molecule has 0 amide bonds. The molecule has 0 aliphatic heterocycles. The fourth-order valence-corrected chi connectivity index (χ4v) is 1.85. The molecule has 0 radical (unpaired) electrons. The molecule has 0 N–H and O–H groups in total. The normalized spacial score (nSPS) is 13.7. The Morgan fingerprint density at radius 1 is 1.05 bits per heavy atom. The van der Waals surface area contributed by atoms with Gasteiger partial charge in [-0.05, 0) is 6.42 Å². The quantitative estimate of drug-likeness (QED) is 0.502. The summed E-state index contributed by atoms with van der Waals surface area (Å²) in [7, 11) is 0. The Bertz CT molecular complexity index is 301. The van der Waals surface area contributed by atoms with Crippen molar-refractivity contribution in [2.24, 2.45) is 0 Å². The molecule has 114 valence electrons. The summed E-state index contributed by atoms with van der Waals surface area (Å²) in [5, 5.41) is -0.246. The van der Waals surface area contributed by atoms with E-state index in [0.29, 0.717) is 0 Å². The van der Waals surface area contributed by atoms with Crippen LogP contribution in [0.4, 0.5) is 30.7 Å². The average molecular weight is 314 g/mol. The Hall–Kier alpha value is -0.470. The van der Waals surface area contributed by atoms with Gasteiger partial charge < -0.3 is 0 Å². The van der Waals surface area contributed by atoms with Crippen LogP contribution in [0.5, 0.6) is 0 Å². The van der Waals surface area contributed by atoms with E-state index < -0.39 is 30.9 Å². The first-order valence-electron chi connectivity index (χ1n) is 5.39. The van der Waals surface area contributed by atoms with Gasteiger partial charge in [-0.25, -0.2) is 8.78 Å². The molecule has 0 aromatic carbocycles. The molecule has 0 aromatic rings. The van der Waals surface area contributed by atoms with Crippen molar-refractivity contribution in [1.82, 2.24) is 0 Å². The van der Waals surface area contributed by atoms with Crippen LogP contribution in [0.3, 0.4) is 0 Å². The second-order valence-electron chi connectivity index (χ2n) is 3.91. The van der Waals surface area contributed by atoms with E-state index in [1.54, 1.807) is 6.92 Å². The van der Waals surface area contributed by atoms with Gasteiger partial charge in [-0.3, -0.25) is 4.79 Å². The van der Waals surface area contributed by atoms with Gasteiger partial charge in [0.2, 0.25) is 0 Å². The van der Waals surface area contributed by atoms with Gasteiger partial charge >= 0.3 is 12.1 Å². The number of carbonyl (C=O) groups is 1. The maximum Gasteiger partial charge on any atom is 0.453 e. The minimum Gasteiger partial charge on any atom is -0.287 e. The fraction of sp³-hybridized carbons (Fsp3) is 0.900. The lowest BCUT2D eigenvalue weighted by Crippen LogP contribution is -2.41. The topological polar surface area (TPSA) is 17.1 Å². The number of hydrogen-bond acceptors (Lipinski definition) is 2. The summed E-state index contributed by atoms with van der Waals surface area (Å²) in [6, 6.07) is 0. The highest BCUT2D eigenvalue weighted by molar-refractivity contribution is 8.13. The van der Waals surface area contributed by atoms with Gasteiger partial charge in [0, 0.05) is 18.6 Å². The van der Waals surface area contributed by atoms with E-state index in [9.17, 15) is 35.5 Å². The highest BCUT2D eigenvalue weighted by Gasteiger charge is 2.61. The molecule has 0 fully saturated rings. The molecule has 0 heterocycles. The largest absolute Gasteiger partial charge is 0.453 e. The third-order valence-corrected chi connectivity index (χ3v) is 3.24. The van der Waals surface area contributed by atoms with Gasteiger partial charge in [0.25, 0.3) is 5.92 Å². The van der Waals surface area contributed by atoms with Gasteiger partial charge in [0.05, 0.1) is 6.42 Å². The molecular formula is C10H13F7OS. The number of alkyl halides is 7. The van der Waals surface area contributed by atoms with E-state index in [1.165, 1.54) is 0 Å². The second kappa shape index (κ2) is 6.81. The van der Waals surface area contributed by atoms with Crippen molar-refractivity contribution < 1.29 is 35.5 Å². The Morgan fingerprint density at radius 3 is 2.00 bits per heavy atom. The van der Waals surface area contributed by atoms with Crippen LogP contribution in [0.2, 0.25) is 0 Å². The average Bonchev–Trinajstić information content (AvgIpc) is 2.20. The minimum absolute atomic E-state index is 0.0279. The molecule has 0 rings (SSSR count). The number of hydrogen-bond donors (Lipinski definition) is 0. The van der Waals surface area contributed by atoms with Gasteiger partial charge in [-0.2, -0.15) is 22.0 Å². The molecule has 0 saturated heterocycles. The first-order valence-corrected chi connectivity index (χ1v) is 6.38. The molecule has 0 aliphatic rings. The van der Waals surface area contributed by atoms with Gasteiger partial charge in [-0.15, -0.1) is 0 Å². The lowest BCUT2D eigenvalue weighted by Gasteiger charge is -2.24. The molecule has 0 saturated carbocycles. The maximum absolute atomic E-state index is 13.0. The second-order valence-corrected chi connectivity index (χ2v) is 5.06. The Balaban J connectivity index is 4.22. The molecule has 9 heteroatoms. The third kappa shape index (κ3) is 7.03. The molecule has 0 aliphatic carbocycles. The lowest BCUT2D eigenvalue weighted by molar-refractivity contribution is -0.300. The van der Waals surface area contributed by atoms with Crippen molar-refractivity contribution in [2.45, 2.75) is 50.6 Å². The summed E-state index contributed by atoms with van der Waals surface area (Å²) in [5.74, 6) is -9.56. The summed E-state index contributed by atoms with van der Waals surface area (Å²) in [6.45, 7) is 1.56. The van der Waals surface area contributed by atoms with Crippen molar-refractivity contribution >= 4 is 16.9 Å². The lowest BCUT2D eigenvalue weighted by atomic mass is 10.1. The summed E-state index contributed by atoms with van der Waals surface area (Å²) in [4.78, 5) is 10.8. The molecule has 0 aromatic heterocycles. The van der Waals surface area contributed by atoms with Crippen LogP contribution < -0.4 is 0 Å². The predicted molar refractivity (Wildman–Crippen MR) is 57.6 cm³/mol. The predicted octanol–water partition coefficient (Wildman–Crippen LogP) is 4.66. The van der Waals surface area contributed by atoms with Crippen LogP contribution in [-0.4, -0.2) is 28.9 Å². The summed E-state index contributed by atoms with van der Waals surface area (Å²) < 4.78 is 86.2. The Kier molecular flexibility index (Phi) is 6.64. The highest BCUT2D eigenvalue weighted by atomic mass is 32.2. The van der Waals surface area contributed by atoms with Crippen molar-refractivity contribution in [1.29, 1.82) is 0 Å². The number of halogens is 7.